The number of hydrazine groups is 1. The number of ether oxygens (including phenoxy) is 1. The lowest BCUT2D eigenvalue weighted by molar-refractivity contribution is 0.0283. The molecule has 2 rings (SSSR count). The van der Waals surface area contributed by atoms with Crippen LogP contribution in [0.15, 0.2) is 30.3 Å². The van der Waals surface area contributed by atoms with Crippen molar-refractivity contribution in [3.63, 3.8) is 0 Å². The normalized spacial score (nSPS) is 12.3. The van der Waals surface area contributed by atoms with Gasteiger partial charge in [0.2, 0.25) is 0 Å². The summed E-state index contributed by atoms with van der Waals surface area (Å²) in [6.07, 6.45) is 0.538. The number of carbonyl (C=O) groups is 2. The molecule has 0 fully saturated rings. The Morgan fingerprint density at radius 3 is 2.20 bits per heavy atom. The number of carbonyl (C=O) groups excluding carboxylic acids is 2. The molecule has 0 aromatic heterocycles. The molecular formula is C26H36BFN2O5. The van der Waals surface area contributed by atoms with Gasteiger partial charge in [0.25, 0.3) is 11.8 Å². The van der Waals surface area contributed by atoms with Gasteiger partial charge < -0.3 is 14.8 Å². The van der Waals surface area contributed by atoms with Crippen molar-refractivity contribution in [3.05, 3.63) is 64.0 Å². The number of rotatable bonds is 8. The quantitative estimate of drug-likeness (QED) is 0.393. The summed E-state index contributed by atoms with van der Waals surface area (Å²) in [5.74, 6) is -2.35. The molecule has 0 unspecified atom stereocenters. The van der Waals surface area contributed by atoms with Crippen molar-refractivity contribution in [2.75, 3.05) is 6.61 Å². The van der Waals surface area contributed by atoms with Crippen molar-refractivity contribution < 1.29 is 28.8 Å². The van der Waals surface area contributed by atoms with Gasteiger partial charge in [-0.1, -0.05) is 51.0 Å². The van der Waals surface area contributed by atoms with Gasteiger partial charge in [-0.3, -0.25) is 15.0 Å². The average molecular weight is 486 g/mol. The lowest BCUT2D eigenvalue weighted by Gasteiger charge is -2.39. The second-order valence-corrected chi connectivity index (χ2v) is 9.79. The number of halogens is 1. The largest absolute Gasteiger partial charge is 0.491 e. The van der Waals surface area contributed by atoms with E-state index in [0.717, 1.165) is 11.1 Å². The van der Waals surface area contributed by atoms with Crippen molar-refractivity contribution in [1.29, 1.82) is 0 Å². The highest BCUT2D eigenvalue weighted by molar-refractivity contribution is 6.59. The SMILES string of the molecule is CCOCc1ccc(C(=O)NN(C(=O)c2cc(C)cc(C)c2)[C@H](CC)C(C)(C)C)c(F)c1B(O)O. The van der Waals surface area contributed by atoms with Gasteiger partial charge in [0.1, 0.15) is 5.82 Å². The van der Waals surface area contributed by atoms with Gasteiger partial charge >= 0.3 is 7.12 Å². The lowest BCUT2D eigenvalue weighted by Crippen LogP contribution is -2.56. The summed E-state index contributed by atoms with van der Waals surface area (Å²) < 4.78 is 20.6. The molecule has 7 nitrogen and oxygen atoms in total. The number of hydrogen-bond acceptors (Lipinski definition) is 5. The highest BCUT2D eigenvalue weighted by atomic mass is 19.1. The maximum Gasteiger partial charge on any atom is 0.491 e. The average Bonchev–Trinajstić information content (AvgIpc) is 2.74. The lowest BCUT2D eigenvalue weighted by atomic mass is 9.75. The Bertz CT molecular complexity index is 1050. The first-order valence-corrected chi connectivity index (χ1v) is 11.8. The zero-order valence-electron chi connectivity index (χ0n) is 21.6. The molecule has 35 heavy (non-hydrogen) atoms. The van der Waals surface area contributed by atoms with Crippen LogP contribution in [0.2, 0.25) is 0 Å². The Balaban J connectivity index is 2.52. The zero-order valence-corrected chi connectivity index (χ0v) is 21.6. The maximum atomic E-state index is 15.3. The molecule has 0 heterocycles. The molecule has 2 aromatic carbocycles. The summed E-state index contributed by atoms with van der Waals surface area (Å²) in [6.45, 7) is 13.6. The molecule has 1 atom stereocenters. The smallest absolute Gasteiger partial charge is 0.423 e. The van der Waals surface area contributed by atoms with Crippen LogP contribution >= 0.6 is 0 Å². The molecule has 0 spiro atoms. The molecule has 2 amide bonds. The topological polar surface area (TPSA) is 99.1 Å². The molecule has 0 aliphatic rings. The minimum Gasteiger partial charge on any atom is -0.423 e. The standard InChI is InChI=1S/C26H36BFN2O5/c1-8-21(26(5,6)7)30(25(32)19-13-16(3)12-17(4)14-19)29-24(31)20-11-10-18(15-35-9-2)22(23(20)28)27(33)34/h10-14,21,33-34H,8-9,15H2,1-7H3,(H,29,31)/t21-/m1/s1. The molecule has 0 aliphatic heterocycles. The minimum atomic E-state index is -2.14. The summed E-state index contributed by atoms with van der Waals surface area (Å²) in [6, 6.07) is 7.70. The van der Waals surface area contributed by atoms with Gasteiger partial charge in [-0.15, -0.1) is 0 Å². The van der Waals surface area contributed by atoms with Crippen LogP contribution in [-0.2, 0) is 11.3 Å². The number of benzene rings is 2. The van der Waals surface area contributed by atoms with E-state index in [2.05, 4.69) is 5.43 Å². The summed E-state index contributed by atoms with van der Waals surface area (Å²) in [5, 5.41) is 20.8. The van der Waals surface area contributed by atoms with Crippen molar-refractivity contribution >= 4 is 24.4 Å². The fourth-order valence-corrected chi connectivity index (χ4v) is 4.28. The van der Waals surface area contributed by atoms with Crippen molar-refractivity contribution in [3.8, 4) is 0 Å². The minimum absolute atomic E-state index is 0.0402. The molecule has 0 bridgehead atoms. The molecule has 0 saturated carbocycles. The highest BCUT2D eigenvalue weighted by Gasteiger charge is 2.35. The Morgan fingerprint density at radius 2 is 1.71 bits per heavy atom. The van der Waals surface area contributed by atoms with Crippen LogP contribution in [0.1, 0.15) is 78.4 Å². The Morgan fingerprint density at radius 1 is 1.11 bits per heavy atom. The van der Waals surface area contributed by atoms with Gasteiger partial charge in [-0.2, -0.15) is 0 Å². The fraction of sp³-hybridized carbons (Fsp3) is 0.462. The van der Waals surface area contributed by atoms with Gasteiger partial charge in [0.05, 0.1) is 18.2 Å². The summed E-state index contributed by atoms with van der Waals surface area (Å²) >= 11 is 0. The molecule has 0 aliphatic carbocycles. The van der Waals surface area contributed by atoms with E-state index >= 15 is 4.39 Å². The third kappa shape index (κ3) is 6.90. The predicted molar refractivity (Wildman–Crippen MR) is 135 cm³/mol. The second kappa shape index (κ2) is 11.8. The molecule has 0 radical (unpaired) electrons. The van der Waals surface area contributed by atoms with Crippen LogP contribution in [0.3, 0.4) is 0 Å². The van der Waals surface area contributed by atoms with Crippen molar-refractivity contribution in [1.82, 2.24) is 10.4 Å². The molecule has 190 valence electrons. The monoisotopic (exact) mass is 486 g/mol. The van der Waals surface area contributed by atoms with E-state index in [-0.39, 0.29) is 12.2 Å². The molecule has 2 aromatic rings. The zero-order chi connectivity index (χ0) is 26.5. The molecular weight excluding hydrogens is 450 g/mol. The van der Waals surface area contributed by atoms with Crippen LogP contribution < -0.4 is 10.9 Å². The van der Waals surface area contributed by atoms with E-state index in [0.29, 0.717) is 18.6 Å². The van der Waals surface area contributed by atoms with E-state index in [1.165, 1.54) is 17.1 Å². The van der Waals surface area contributed by atoms with Gasteiger partial charge in [-0.05, 0) is 56.4 Å². The van der Waals surface area contributed by atoms with E-state index < -0.39 is 47.2 Å². The first kappa shape index (κ1) is 28.5. The highest BCUT2D eigenvalue weighted by Crippen LogP contribution is 2.28. The Hall–Kier alpha value is -2.75. The number of aryl methyl sites for hydroxylation is 2. The van der Waals surface area contributed by atoms with Crippen LogP contribution in [0.25, 0.3) is 0 Å². The van der Waals surface area contributed by atoms with Crippen molar-refractivity contribution in [2.24, 2.45) is 5.41 Å². The first-order chi connectivity index (χ1) is 16.3. The van der Waals surface area contributed by atoms with Crippen LogP contribution in [-0.4, -0.2) is 46.6 Å². The van der Waals surface area contributed by atoms with Crippen LogP contribution in [0, 0.1) is 25.1 Å². The second-order valence-electron chi connectivity index (χ2n) is 9.79. The van der Waals surface area contributed by atoms with Crippen LogP contribution in [0.5, 0.6) is 0 Å². The van der Waals surface area contributed by atoms with Gasteiger partial charge in [0, 0.05) is 17.6 Å². The van der Waals surface area contributed by atoms with E-state index in [9.17, 15) is 19.6 Å². The van der Waals surface area contributed by atoms with Gasteiger partial charge in [0.15, 0.2) is 0 Å². The van der Waals surface area contributed by atoms with E-state index in [4.69, 9.17) is 4.74 Å². The maximum absolute atomic E-state index is 15.3. The third-order valence-corrected chi connectivity index (χ3v) is 5.84. The predicted octanol–water partition coefficient (Wildman–Crippen LogP) is 3.27. The van der Waals surface area contributed by atoms with Crippen LogP contribution in [0.4, 0.5) is 4.39 Å². The van der Waals surface area contributed by atoms with Crippen molar-refractivity contribution in [2.45, 2.75) is 67.5 Å². The Kier molecular flexibility index (Phi) is 9.60. The molecule has 9 heteroatoms. The number of hydrogen-bond donors (Lipinski definition) is 3. The van der Waals surface area contributed by atoms with Gasteiger partial charge in [-0.25, -0.2) is 9.40 Å². The Labute approximate surface area is 207 Å². The first-order valence-electron chi connectivity index (χ1n) is 11.8. The number of nitrogens with zero attached hydrogens (tertiary/aromatic N) is 1. The number of nitrogens with one attached hydrogen (secondary N) is 1. The van der Waals surface area contributed by atoms with E-state index in [1.54, 1.807) is 19.1 Å². The molecule has 3 N–H and O–H groups in total. The fourth-order valence-electron chi connectivity index (χ4n) is 4.28. The molecule has 0 saturated heterocycles. The summed E-state index contributed by atoms with van der Waals surface area (Å²) in [5.41, 5.74) is 3.81. The number of amides is 2. The van der Waals surface area contributed by atoms with E-state index in [1.807, 2.05) is 47.6 Å². The third-order valence-electron chi connectivity index (χ3n) is 5.84. The summed E-state index contributed by atoms with van der Waals surface area (Å²) in [4.78, 5) is 26.9. The summed E-state index contributed by atoms with van der Waals surface area (Å²) in [7, 11) is -2.14.